The molecule has 0 aliphatic heterocycles. The number of halogens is 1. The number of nitrogens with one attached hydrogen (secondary N) is 2. The first kappa shape index (κ1) is 17.9. The zero-order valence-corrected chi connectivity index (χ0v) is 14.8. The summed E-state index contributed by atoms with van der Waals surface area (Å²) in [6.07, 6.45) is 1.74. The Morgan fingerprint density at radius 3 is 2.69 bits per heavy atom. The zero-order chi connectivity index (χ0) is 18.4. The molecule has 0 bridgehead atoms. The summed E-state index contributed by atoms with van der Waals surface area (Å²) in [5.74, 6) is -0.0498. The van der Waals surface area contributed by atoms with Crippen molar-refractivity contribution in [2.75, 3.05) is 18.4 Å². The Morgan fingerprint density at radius 2 is 1.88 bits per heavy atom. The van der Waals surface area contributed by atoms with Gasteiger partial charge in [-0.15, -0.1) is 0 Å². The summed E-state index contributed by atoms with van der Waals surface area (Å²) in [6, 6.07) is 14.0. The molecule has 0 aliphatic rings. The second-order valence-electron chi connectivity index (χ2n) is 6.09. The van der Waals surface area contributed by atoms with E-state index >= 15 is 0 Å². The highest BCUT2D eigenvalue weighted by Crippen LogP contribution is 2.19. The van der Waals surface area contributed by atoms with Gasteiger partial charge in [0, 0.05) is 19.6 Å². The predicted molar refractivity (Wildman–Crippen MR) is 102 cm³/mol. The molecule has 2 N–H and O–H groups in total. The molecule has 0 saturated carbocycles. The van der Waals surface area contributed by atoms with Crippen LogP contribution in [0.4, 0.5) is 10.3 Å². The van der Waals surface area contributed by atoms with Gasteiger partial charge in [-0.3, -0.25) is 4.79 Å². The molecule has 1 heterocycles. The molecular formula is C20H23FN4O. The lowest BCUT2D eigenvalue weighted by atomic mass is 10.2. The molecule has 0 spiro atoms. The van der Waals surface area contributed by atoms with E-state index in [0.29, 0.717) is 13.1 Å². The van der Waals surface area contributed by atoms with Crippen molar-refractivity contribution >= 4 is 22.9 Å². The highest BCUT2D eigenvalue weighted by atomic mass is 19.1. The van der Waals surface area contributed by atoms with Gasteiger partial charge < -0.3 is 15.2 Å². The maximum Gasteiger partial charge on any atom is 0.254 e. The molecule has 0 unspecified atom stereocenters. The van der Waals surface area contributed by atoms with E-state index in [2.05, 4.69) is 33.2 Å². The van der Waals surface area contributed by atoms with Gasteiger partial charge >= 0.3 is 0 Å². The summed E-state index contributed by atoms with van der Waals surface area (Å²) in [5, 5.41) is 6.09. The first-order chi connectivity index (χ1) is 12.7. The molecule has 1 aromatic heterocycles. The minimum Gasteiger partial charge on any atom is -0.356 e. The fraction of sp³-hybridized carbons (Fsp3) is 0.300. The standard InChI is InChI=1S/C20H23FN4O/c1-2-14-25-18-11-6-5-10-17(18)24-20(25)23-13-7-12-22-19(26)15-8-3-4-9-16(15)21/h3-6,8-11H,2,7,12-14H2,1H3,(H,22,26)(H,23,24). The van der Waals surface area contributed by atoms with Gasteiger partial charge in [-0.2, -0.15) is 0 Å². The van der Waals surface area contributed by atoms with Crippen molar-refractivity contribution in [2.24, 2.45) is 0 Å². The van der Waals surface area contributed by atoms with Crippen LogP contribution in [0.1, 0.15) is 30.1 Å². The summed E-state index contributed by atoms with van der Waals surface area (Å²) >= 11 is 0. The fourth-order valence-electron chi connectivity index (χ4n) is 2.89. The summed E-state index contributed by atoms with van der Waals surface area (Å²) in [7, 11) is 0. The molecule has 3 rings (SSSR count). The molecule has 0 atom stereocenters. The maximum atomic E-state index is 13.6. The molecule has 0 fully saturated rings. The molecule has 6 heteroatoms. The number of imidazole rings is 1. The number of rotatable bonds is 8. The van der Waals surface area contributed by atoms with E-state index in [-0.39, 0.29) is 11.5 Å². The summed E-state index contributed by atoms with van der Waals surface area (Å²) in [4.78, 5) is 16.6. The normalized spacial score (nSPS) is 10.8. The number of para-hydroxylation sites is 2. The lowest BCUT2D eigenvalue weighted by Gasteiger charge is -2.10. The van der Waals surface area contributed by atoms with Crippen LogP contribution in [0.3, 0.4) is 0 Å². The van der Waals surface area contributed by atoms with Crippen LogP contribution < -0.4 is 10.6 Å². The number of hydrogen-bond donors (Lipinski definition) is 2. The van der Waals surface area contributed by atoms with Gasteiger partial charge in [0.25, 0.3) is 5.91 Å². The van der Waals surface area contributed by atoms with Crippen LogP contribution in [0.2, 0.25) is 0 Å². The second kappa shape index (κ2) is 8.47. The number of carbonyl (C=O) groups is 1. The van der Waals surface area contributed by atoms with Crippen molar-refractivity contribution in [3.05, 3.63) is 59.9 Å². The monoisotopic (exact) mass is 354 g/mol. The van der Waals surface area contributed by atoms with Crippen molar-refractivity contribution in [3.8, 4) is 0 Å². The molecule has 26 heavy (non-hydrogen) atoms. The van der Waals surface area contributed by atoms with Gasteiger partial charge in [0.05, 0.1) is 16.6 Å². The van der Waals surface area contributed by atoms with Crippen molar-refractivity contribution < 1.29 is 9.18 Å². The number of aromatic nitrogens is 2. The number of carbonyl (C=O) groups excluding carboxylic acids is 1. The van der Waals surface area contributed by atoms with E-state index < -0.39 is 5.82 Å². The Hall–Kier alpha value is -2.89. The summed E-state index contributed by atoms with van der Waals surface area (Å²) in [5.41, 5.74) is 2.16. The first-order valence-corrected chi connectivity index (χ1v) is 8.92. The third-order valence-corrected chi connectivity index (χ3v) is 4.14. The molecule has 0 radical (unpaired) electrons. The predicted octanol–water partition coefficient (Wildman–Crippen LogP) is 3.82. The van der Waals surface area contributed by atoms with Gasteiger partial charge in [-0.25, -0.2) is 9.37 Å². The quantitative estimate of drug-likeness (QED) is 0.605. The van der Waals surface area contributed by atoms with E-state index in [9.17, 15) is 9.18 Å². The average molecular weight is 354 g/mol. The topological polar surface area (TPSA) is 59.0 Å². The van der Waals surface area contributed by atoms with E-state index in [1.165, 1.54) is 12.1 Å². The third-order valence-electron chi connectivity index (χ3n) is 4.14. The van der Waals surface area contributed by atoms with E-state index in [1.807, 2.05) is 18.2 Å². The number of anilines is 1. The van der Waals surface area contributed by atoms with E-state index in [1.54, 1.807) is 12.1 Å². The molecule has 5 nitrogen and oxygen atoms in total. The van der Waals surface area contributed by atoms with Gasteiger partial charge in [0.1, 0.15) is 5.82 Å². The molecule has 1 amide bonds. The molecule has 0 aliphatic carbocycles. The smallest absolute Gasteiger partial charge is 0.254 e. The van der Waals surface area contributed by atoms with Gasteiger partial charge in [0.15, 0.2) is 0 Å². The number of fused-ring (bicyclic) bond motifs is 1. The number of benzene rings is 2. The fourth-order valence-corrected chi connectivity index (χ4v) is 2.89. The van der Waals surface area contributed by atoms with Gasteiger partial charge in [0.2, 0.25) is 5.95 Å². The Morgan fingerprint density at radius 1 is 1.12 bits per heavy atom. The Labute approximate surface area is 152 Å². The van der Waals surface area contributed by atoms with Crippen LogP contribution in [0.15, 0.2) is 48.5 Å². The lowest BCUT2D eigenvalue weighted by Crippen LogP contribution is -2.26. The first-order valence-electron chi connectivity index (χ1n) is 8.92. The molecule has 136 valence electrons. The van der Waals surface area contributed by atoms with Crippen LogP contribution in [-0.2, 0) is 6.54 Å². The Kier molecular flexibility index (Phi) is 5.84. The van der Waals surface area contributed by atoms with Crippen molar-refractivity contribution in [3.63, 3.8) is 0 Å². The summed E-state index contributed by atoms with van der Waals surface area (Å²) in [6.45, 7) is 4.17. The number of aryl methyl sites for hydroxylation is 1. The molecule has 3 aromatic rings. The van der Waals surface area contributed by atoms with E-state index in [0.717, 1.165) is 36.4 Å². The van der Waals surface area contributed by atoms with Crippen LogP contribution in [0.25, 0.3) is 11.0 Å². The number of amides is 1. The highest BCUT2D eigenvalue weighted by molar-refractivity contribution is 5.94. The van der Waals surface area contributed by atoms with Gasteiger partial charge in [-0.1, -0.05) is 31.2 Å². The van der Waals surface area contributed by atoms with Crippen molar-refractivity contribution in [2.45, 2.75) is 26.3 Å². The van der Waals surface area contributed by atoms with Crippen LogP contribution in [0, 0.1) is 5.82 Å². The van der Waals surface area contributed by atoms with Crippen molar-refractivity contribution in [1.82, 2.24) is 14.9 Å². The van der Waals surface area contributed by atoms with Crippen LogP contribution in [0.5, 0.6) is 0 Å². The maximum absolute atomic E-state index is 13.6. The average Bonchev–Trinajstić information content (AvgIpc) is 3.00. The minimum atomic E-state index is -0.503. The van der Waals surface area contributed by atoms with Gasteiger partial charge in [-0.05, 0) is 37.1 Å². The molecular weight excluding hydrogens is 331 g/mol. The summed E-state index contributed by atoms with van der Waals surface area (Å²) < 4.78 is 15.7. The van der Waals surface area contributed by atoms with E-state index in [4.69, 9.17) is 0 Å². The number of nitrogens with zero attached hydrogens (tertiary/aromatic N) is 2. The van der Waals surface area contributed by atoms with Crippen molar-refractivity contribution in [1.29, 1.82) is 0 Å². The highest BCUT2D eigenvalue weighted by Gasteiger charge is 2.11. The molecule has 0 saturated heterocycles. The Bertz CT molecular complexity index is 890. The lowest BCUT2D eigenvalue weighted by molar-refractivity contribution is 0.0949. The molecule has 2 aromatic carbocycles. The second-order valence-corrected chi connectivity index (χ2v) is 6.09. The number of hydrogen-bond acceptors (Lipinski definition) is 3. The third kappa shape index (κ3) is 4.02. The Balaban J connectivity index is 1.52. The largest absolute Gasteiger partial charge is 0.356 e. The zero-order valence-electron chi connectivity index (χ0n) is 14.8. The van der Waals surface area contributed by atoms with Crippen LogP contribution >= 0.6 is 0 Å². The van der Waals surface area contributed by atoms with Crippen LogP contribution in [-0.4, -0.2) is 28.5 Å². The SMILES string of the molecule is CCCn1c(NCCCNC(=O)c2ccccc2F)nc2ccccc21. The minimum absolute atomic E-state index is 0.0743.